The summed E-state index contributed by atoms with van der Waals surface area (Å²) in [5, 5.41) is 3.58. The van der Waals surface area contributed by atoms with Gasteiger partial charge in [0.25, 0.3) is 0 Å². The minimum absolute atomic E-state index is 0.427. The Balaban J connectivity index is 1.55. The normalized spacial score (nSPS) is 39.7. The lowest BCUT2D eigenvalue weighted by atomic mass is 9.90. The van der Waals surface area contributed by atoms with Gasteiger partial charge in [0, 0.05) is 38.3 Å². The topological polar surface area (TPSA) is 24.5 Å². The van der Waals surface area contributed by atoms with Crippen molar-refractivity contribution < 1.29 is 4.74 Å². The molecule has 3 heteroatoms. The van der Waals surface area contributed by atoms with E-state index in [9.17, 15) is 0 Å². The molecule has 3 rings (SSSR count). The summed E-state index contributed by atoms with van der Waals surface area (Å²) in [5.41, 5.74) is 0.427. The Hall–Kier alpha value is -0.120. The zero-order chi connectivity index (χ0) is 11.7. The van der Waals surface area contributed by atoms with E-state index in [2.05, 4.69) is 17.1 Å². The molecule has 2 atom stereocenters. The molecule has 1 aliphatic carbocycles. The molecule has 3 fully saturated rings. The average molecular weight is 238 g/mol. The smallest absolute Gasteiger partial charge is 0.0588 e. The van der Waals surface area contributed by atoms with Gasteiger partial charge in [-0.05, 0) is 44.9 Å². The van der Waals surface area contributed by atoms with Crippen molar-refractivity contribution in [1.82, 2.24) is 10.2 Å². The molecule has 0 amide bonds. The molecule has 0 aromatic carbocycles. The number of nitrogens with zero attached hydrogens (tertiary/aromatic N) is 1. The van der Waals surface area contributed by atoms with E-state index in [0.29, 0.717) is 11.6 Å². The summed E-state index contributed by atoms with van der Waals surface area (Å²) in [4.78, 5) is 2.74. The summed E-state index contributed by atoms with van der Waals surface area (Å²) >= 11 is 0. The van der Waals surface area contributed by atoms with Crippen LogP contribution in [0.5, 0.6) is 0 Å². The highest BCUT2D eigenvalue weighted by atomic mass is 16.5. The third-order valence-corrected chi connectivity index (χ3v) is 4.97. The van der Waals surface area contributed by atoms with E-state index >= 15 is 0 Å². The van der Waals surface area contributed by atoms with E-state index in [0.717, 1.165) is 19.1 Å². The molecule has 17 heavy (non-hydrogen) atoms. The van der Waals surface area contributed by atoms with E-state index in [4.69, 9.17) is 4.74 Å². The van der Waals surface area contributed by atoms with Gasteiger partial charge in [-0.3, -0.25) is 4.90 Å². The average Bonchev–Trinajstić information content (AvgIpc) is 3.08. The molecule has 0 bridgehead atoms. The minimum Gasteiger partial charge on any atom is -0.378 e. The van der Waals surface area contributed by atoms with E-state index < -0.39 is 0 Å². The molecule has 3 aliphatic rings. The lowest BCUT2D eigenvalue weighted by Crippen LogP contribution is -2.61. The molecule has 2 saturated heterocycles. The zero-order valence-corrected chi connectivity index (χ0v) is 11.1. The monoisotopic (exact) mass is 238 g/mol. The van der Waals surface area contributed by atoms with Crippen LogP contribution in [-0.2, 0) is 4.74 Å². The Kier molecular flexibility index (Phi) is 3.42. The van der Waals surface area contributed by atoms with Gasteiger partial charge in [-0.1, -0.05) is 0 Å². The van der Waals surface area contributed by atoms with Crippen LogP contribution in [0.3, 0.4) is 0 Å². The number of rotatable bonds is 4. The van der Waals surface area contributed by atoms with E-state index in [1.807, 2.05) is 0 Å². The van der Waals surface area contributed by atoms with E-state index in [1.165, 1.54) is 51.7 Å². The Morgan fingerprint density at radius 1 is 1.35 bits per heavy atom. The highest BCUT2D eigenvalue weighted by Crippen LogP contribution is 2.43. The number of nitrogens with one attached hydrogen (secondary N) is 1. The maximum atomic E-state index is 5.75. The molecular weight excluding hydrogens is 212 g/mol. The van der Waals surface area contributed by atoms with Gasteiger partial charge in [0.2, 0.25) is 0 Å². The van der Waals surface area contributed by atoms with Crippen LogP contribution >= 0.6 is 0 Å². The predicted octanol–water partition coefficient (Wildman–Crippen LogP) is 1.63. The first-order valence-electron chi connectivity index (χ1n) is 7.36. The van der Waals surface area contributed by atoms with Crippen molar-refractivity contribution in [2.24, 2.45) is 5.92 Å². The number of hydrogen-bond acceptors (Lipinski definition) is 3. The summed E-state index contributed by atoms with van der Waals surface area (Å²) in [5.74, 6) is 0.944. The maximum absolute atomic E-state index is 5.75. The fourth-order valence-electron chi connectivity index (χ4n) is 3.57. The molecule has 0 aromatic rings. The van der Waals surface area contributed by atoms with Crippen molar-refractivity contribution in [3.8, 4) is 0 Å². The molecule has 2 aliphatic heterocycles. The summed E-state index contributed by atoms with van der Waals surface area (Å²) in [6.07, 6.45) is 7.22. The number of ether oxygens (including phenoxy) is 1. The fraction of sp³-hybridized carbons (Fsp3) is 1.00. The van der Waals surface area contributed by atoms with Crippen LogP contribution in [0.2, 0.25) is 0 Å². The number of hydrogen-bond donors (Lipinski definition) is 1. The summed E-state index contributed by atoms with van der Waals surface area (Å²) in [6.45, 7) is 8.26. The van der Waals surface area contributed by atoms with Crippen LogP contribution < -0.4 is 5.32 Å². The molecule has 1 N–H and O–H groups in total. The maximum Gasteiger partial charge on any atom is 0.0588 e. The Morgan fingerprint density at radius 2 is 2.24 bits per heavy atom. The van der Waals surface area contributed by atoms with Gasteiger partial charge >= 0.3 is 0 Å². The van der Waals surface area contributed by atoms with Crippen molar-refractivity contribution in [1.29, 1.82) is 0 Å². The van der Waals surface area contributed by atoms with Gasteiger partial charge in [0.05, 0.1) is 6.10 Å². The first-order chi connectivity index (χ1) is 8.29. The van der Waals surface area contributed by atoms with Crippen LogP contribution in [-0.4, -0.2) is 49.3 Å². The predicted molar refractivity (Wildman–Crippen MR) is 69.2 cm³/mol. The molecule has 98 valence electrons. The first kappa shape index (κ1) is 11.9. The van der Waals surface area contributed by atoms with Crippen LogP contribution in [0.1, 0.15) is 39.0 Å². The molecule has 2 unspecified atom stereocenters. The minimum atomic E-state index is 0.427. The standard InChI is InChI=1S/C14H26N2O/c1-14(12-4-5-12)11-15-7-9-16(14)8-6-13-3-2-10-17-13/h12-13,15H,2-11H2,1H3. The van der Waals surface area contributed by atoms with Crippen LogP contribution in [0.15, 0.2) is 0 Å². The lowest BCUT2D eigenvalue weighted by Gasteiger charge is -2.46. The molecule has 0 radical (unpaired) electrons. The van der Waals surface area contributed by atoms with Crippen molar-refractivity contribution in [2.45, 2.75) is 50.7 Å². The van der Waals surface area contributed by atoms with Crippen molar-refractivity contribution in [2.75, 3.05) is 32.8 Å². The van der Waals surface area contributed by atoms with Crippen molar-refractivity contribution >= 4 is 0 Å². The van der Waals surface area contributed by atoms with Crippen LogP contribution in [0.25, 0.3) is 0 Å². The lowest BCUT2D eigenvalue weighted by molar-refractivity contribution is 0.0320. The summed E-state index contributed by atoms with van der Waals surface area (Å²) in [6, 6.07) is 0. The van der Waals surface area contributed by atoms with E-state index in [-0.39, 0.29) is 0 Å². The fourth-order valence-corrected chi connectivity index (χ4v) is 3.57. The Labute approximate surface area is 105 Å². The molecule has 0 spiro atoms. The van der Waals surface area contributed by atoms with Crippen molar-refractivity contribution in [3.05, 3.63) is 0 Å². The van der Waals surface area contributed by atoms with Gasteiger partial charge in [0.15, 0.2) is 0 Å². The second-order valence-electron chi connectivity index (χ2n) is 6.22. The van der Waals surface area contributed by atoms with Crippen molar-refractivity contribution in [3.63, 3.8) is 0 Å². The van der Waals surface area contributed by atoms with E-state index in [1.54, 1.807) is 0 Å². The third-order valence-electron chi connectivity index (χ3n) is 4.97. The molecule has 3 nitrogen and oxygen atoms in total. The summed E-state index contributed by atoms with van der Waals surface area (Å²) in [7, 11) is 0. The Bertz CT molecular complexity index is 261. The van der Waals surface area contributed by atoms with Gasteiger partial charge in [0.1, 0.15) is 0 Å². The highest BCUT2D eigenvalue weighted by molar-refractivity contribution is 5.03. The molecule has 0 aromatic heterocycles. The van der Waals surface area contributed by atoms with Crippen LogP contribution in [0.4, 0.5) is 0 Å². The largest absolute Gasteiger partial charge is 0.378 e. The molecule has 2 heterocycles. The summed E-state index contributed by atoms with van der Waals surface area (Å²) < 4.78 is 5.75. The van der Waals surface area contributed by atoms with Gasteiger partial charge in [-0.2, -0.15) is 0 Å². The Morgan fingerprint density at radius 3 is 2.94 bits per heavy atom. The second kappa shape index (κ2) is 4.87. The van der Waals surface area contributed by atoms with Gasteiger partial charge < -0.3 is 10.1 Å². The zero-order valence-electron chi connectivity index (χ0n) is 11.1. The highest BCUT2D eigenvalue weighted by Gasteiger charge is 2.46. The first-order valence-corrected chi connectivity index (χ1v) is 7.36. The van der Waals surface area contributed by atoms with Gasteiger partial charge in [-0.15, -0.1) is 0 Å². The quantitative estimate of drug-likeness (QED) is 0.805. The third kappa shape index (κ3) is 2.51. The number of piperazine rings is 1. The second-order valence-corrected chi connectivity index (χ2v) is 6.22. The van der Waals surface area contributed by atoms with Crippen LogP contribution in [0, 0.1) is 5.92 Å². The molecule has 1 saturated carbocycles. The molecular formula is C14H26N2O. The SMILES string of the molecule is CC1(C2CC2)CNCCN1CCC1CCCO1. The van der Waals surface area contributed by atoms with Gasteiger partial charge in [-0.25, -0.2) is 0 Å².